The van der Waals surface area contributed by atoms with Gasteiger partial charge in [-0.3, -0.25) is 27.3 Å². The van der Waals surface area contributed by atoms with Gasteiger partial charge in [-0.05, 0) is 0 Å². The molecule has 0 amide bonds. The Morgan fingerprint density at radius 3 is 0.391 bits per heavy atom. The van der Waals surface area contributed by atoms with Crippen molar-refractivity contribution in [2.24, 2.45) is 0 Å². The topological polar surface area (TPSA) is 224 Å². The third kappa shape index (κ3) is 1440. The predicted molar refractivity (Wildman–Crippen MR) is 64.3 cm³/mol. The van der Waals surface area contributed by atoms with Gasteiger partial charge in [0, 0.05) is 84.5 Å². The molecule has 0 spiro atoms. The van der Waals surface area contributed by atoms with Gasteiger partial charge >= 0.3 is 31.2 Å². The molecule has 0 saturated carbocycles. The summed E-state index contributed by atoms with van der Waals surface area (Å²) < 4.78 is 94.8. The van der Waals surface area contributed by atoms with E-state index >= 15 is 0 Å². The molecule has 12 nitrogen and oxygen atoms in total. The fraction of sp³-hybridized carbons (Fsp3) is 0. The van der Waals surface area contributed by atoms with Crippen molar-refractivity contribution in [3.8, 4) is 0 Å². The molecule has 0 aliphatic heterocycles. The van der Waals surface area contributed by atoms with Gasteiger partial charge in [0.25, 0.3) is 0 Å². The van der Waals surface area contributed by atoms with Crippen LogP contribution < -0.4 is 0 Å². The van der Waals surface area contributed by atoms with Gasteiger partial charge in [-0.1, -0.05) is 0 Å². The molecule has 0 unspecified atom stereocenters. The van der Waals surface area contributed by atoms with E-state index in [1.807, 2.05) is 0 Å². The van der Waals surface area contributed by atoms with E-state index in [1.54, 1.807) is 0 Å². The Bertz CT molecular complexity index is 366. The number of hydrogen-bond donors (Lipinski definition) is 6. The molecular weight excluding hydrogens is 683 g/mol. The minimum Gasteiger partial charge on any atom is -0.264 e. The average Bonchev–Trinajstić information content (AvgIpc) is 1.41. The zero-order valence-corrected chi connectivity index (χ0v) is 19.5. The van der Waals surface area contributed by atoms with Crippen molar-refractivity contribution in [3.05, 3.63) is 0 Å². The SMILES string of the molecule is Cl.Cl.Cl.O=S(=O)(O)O.O=S(=O)(O)O.O=S(=O)(O)O.[Co].[Co].[Co].[Fe].[Fe]. The van der Waals surface area contributed by atoms with Gasteiger partial charge in [0.2, 0.25) is 0 Å². The van der Waals surface area contributed by atoms with Gasteiger partial charge in [-0.2, -0.15) is 25.3 Å². The summed E-state index contributed by atoms with van der Waals surface area (Å²) in [5.74, 6) is 0. The van der Waals surface area contributed by atoms with Crippen LogP contribution >= 0.6 is 37.2 Å². The predicted octanol–water partition coefficient (Wildman–Crippen LogP) is -0.705. The van der Waals surface area contributed by atoms with Gasteiger partial charge in [-0.25, -0.2) is 0 Å². The summed E-state index contributed by atoms with van der Waals surface area (Å²) in [7, 11) is -14.0. The maximum absolute atomic E-state index is 8.74. The zero-order valence-electron chi connectivity index (χ0n) is 9.29. The molecule has 0 aliphatic rings. The molecule has 0 aromatic heterocycles. The van der Waals surface area contributed by atoms with Gasteiger partial charge < -0.3 is 0 Å². The minimum absolute atomic E-state index is 0. The van der Waals surface area contributed by atoms with Crippen LogP contribution in [0.3, 0.4) is 0 Å². The van der Waals surface area contributed by atoms with Crippen LogP contribution in [0, 0.1) is 0 Å². The van der Waals surface area contributed by atoms with Crippen LogP contribution in [-0.2, 0) is 116 Å². The van der Waals surface area contributed by atoms with Crippen LogP contribution in [0.4, 0.5) is 0 Å². The molecule has 163 valence electrons. The van der Waals surface area contributed by atoms with E-state index in [0.717, 1.165) is 0 Å². The summed E-state index contributed by atoms with van der Waals surface area (Å²) >= 11 is 0. The quantitative estimate of drug-likeness (QED) is 0.137. The van der Waals surface area contributed by atoms with Crippen molar-refractivity contribution in [1.29, 1.82) is 0 Å². The van der Waals surface area contributed by atoms with E-state index in [1.165, 1.54) is 0 Å². The fourth-order valence-electron chi connectivity index (χ4n) is 0. The third-order valence-electron chi connectivity index (χ3n) is 0. The van der Waals surface area contributed by atoms with E-state index in [9.17, 15) is 0 Å². The summed E-state index contributed by atoms with van der Waals surface area (Å²) in [5, 5.41) is 0. The Balaban J connectivity index is -0.00000000889. The second kappa shape index (κ2) is 32.7. The van der Waals surface area contributed by atoms with E-state index in [0.29, 0.717) is 0 Å². The van der Waals surface area contributed by atoms with Crippen molar-refractivity contribution < 1.29 is 137 Å². The normalized spacial score (nSPS) is 7.57. The van der Waals surface area contributed by atoms with E-state index < -0.39 is 31.2 Å². The van der Waals surface area contributed by atoms with Gasteiger partial charge in [0.1, 0.15) is 0 Å². The molecule has 0 rings (SSSR count). The molecule has 0 fully saturated rings. The number of halogens is 3. The Hall–Kier alpha value is 3.04. The monoisotopic (exact) mass is 691 g/mol. The summed E-state index contributed by atoms with van der Waals surface area (Å²) in [5.41, 5.74) is 0. The molecule has 0 saturated heterocycles. The van der Waals surface area contributed by atoms with Gasteiger partial charge in [-0.15, -0.1) is 37.2 Å². The minimum atomic E-state index is -4.67. The van der Waals surface area contributed by atoms with Crippen LogP contribution in [0.5, 0.6) is 0 Å². The van der Waals surface area contributed by atoms with E-state index in [2.05, 4.69) is 0 Å². The molecule has 23 heavy (non-hydrogen) atoms. The van der Waals surface area contributed by atoms with Gasteiger partial charge in [0.15, 0.2) is 0 Å². The number of rotatable bonds is 0. The van der Waals surface area contributed by atoms with Crippen molar-refractivity contribution in [2.45, 2.75) is 0 Å². The molecule has 0 aromatic rings. The van der Waals surface area contributed by atoms with Crippen molar-refractivity contribution in [3.63, 3.8) is 0 Å². The first kappa shape index (κ1) is 72.2. The third-order valence-corrected chi connectivity index (χ3v) is 0. The standard InChI is InChI=1S/3ClH.3Co.2Fe.3H2O4S/c;;;;;;;;3*1-5(2,3)4/h3*1H;;;;;;3*(H2,1,2,3,4). The molecule has 3 radical (unpaired) electrons. The maximum Gasteiger partial charge on any atom is 0.394 e. The average molecular weight is 692 g/mol. The Morgan fingerprint density at radius 1 is 0.391 bits per heavy atom. The smallest absolute Gasteiger partial charge is 0.264 e. The molecule has 0 bridgehead atoms. The largest absolute Gasteiger partial charge is 0.394 e. The number of hydrogen-bond acceptors (Lipinski definition) is 6. The van der Waals surface area contributed by atoms with E-state index in [-0.39, 0.29) is 122 Å². The van der Waals surface area contributed by atoms with Crippen molar-refractivity contribution in [2.75, 3.05) is 0 Å². The van der Waals surface area contributed by atoms with Crippen LogP contribution in [0.2, 0.25) is 0 Å². The molecule has 0 atom stereocenters. The Kier molecular flexibility index (Phi) is 103. The second-order valence-electron chi connectivity index (χ2n) is 1.34. The molecular formula is H9Cl3Co3Fe2O12S3. The van der Waals surface area contributed by atoms with Crippen molar-refractivity contribution >= 4 is 68.4 Å². The Morgan fingerprint density at radius 2 is 0.391 bits per heavy atom. The first-order valence-electron chi connectivity index (χ1n) is 2.10. The van der Waals surface area contributed by atoms with E-state index in [4.69, 9.17) is 52.6 Å². The van der Waals surface area contributed by atoms with Crippen LogP contribution in [0.15, 0.2) is 0 Å². The molecule has 0 heterocycles. The van der Waals surface area contributed by atoms with Crippen molar-refractivity contribution in [1.82, 2.24) is 0 Å². The fourth-order valence-corrected chi connectivity index (χ4v) is 0. The molecule has 0 aliphatic carbocycles. The zero-order chi connectivity index (χ0) is 13.5. The van der Waals surface area contributed by atoms with Gasteiger partial charge in [0.05, 0.1) is 0 Å². The van der Waals surface area contributed by atoms with Crippen LogP contribution in [0.1, 0.15) is 0 Å². The molecule has 6 N–H and O–H groups in total. The summed E-state index contributed by atoms with van der Waals surface area (Å²) in [6, 6.07) is 0. The summed E-state index contributed by atoms with van der Waals surface area (Å²) in [6.07, 6.45) is 0. The van der Waals surface area contributed by atoms with Crippen LogP contribution in [-0.4, -0.2) is 52.6 Å². The molecule has 0 aromatic carbocycles. The molecule has 23 heteroatoms. The first-order chi connectivity index (χ1) is 6.00. The summed E-state index contributed by atoms with van der Waals surface area (Å²) in [6.45, 7) is 0. The Labute approximate surface area is 203 Å². The first-order valence-corrected chi connectivity index (χ1v) is 6.29. The van der Waals surface area contributed by atoms with Crippen LogP contribution in [0.25, 0.3) is 0 Å². The summed E-state index contributed by atoms with van der Waals surface area (Å²) in [4.78, 5) is 0. The second-order valence-corrected chi connectivity index (χ2v) is 4.03. The maximum atomic E-state index is 8.74.